The van der Waals surface area contributed by atoms with E-state index in [0.717, 1.165) is 5.39 Å². The molecule has 3 aromatic rings. The Morgan fingerprint density at radius 2 is 1.71 bits per heavy atom. The van der Waals surface area contributed by atoms with E-state index in [1.165, 1.54) is 10.8 Å². The number of aromatic nitrogens is 1. The number of rotatable bonds is 2. The van der Waals surface area contributed by atoms with Crippen LogP contribution >= 0.6 is 23.2 Å². The maximum atomic E-state index is 12.3. The molecular formula is C16H10Cl2NO2. The SMILES string of the molecule is O=C(OC(Cl)(Cl)c1ccccc1)n1c[c]c2ccccc21. The van der Waals surface area contributed by atoms with Gasteiger partial charge in [-0.15, -0.1) is 0 Å². The summed E-state index contributed by atoms with van der Waals surface area (Å²) < 4.78 is 4.78. The van der Waals surface area contributed by atoms with Gasteiger partial charge in [0.2, 0.25) is 0 Å². The molecule has 0 spiro atoms. The van der Waals surface area contributed by atoms with Gasteiger partial charge < -0.3 is 4.74 Å². The summed E-state index contributed by atoms with van der Waals surface area (Å²) in [6, 6.07) is 19.0. The van der Waals surface area contributed by atoms with Crippen molar-refractivity contribution in [3.05, 3.63) is 72.4 Å². The minimum absolute atomic E-state index is 0.488. The number of halogens is 2. The van der Waals surface area contributed by atoms with Gasteiger partial charge in [0.25, 0.3) is 4.52 Å². The summed E-state index contributed by atoms with van der Waals surface area (Å²) >= 11 is 12.2. The maximum Gasteiger partial charge on any atom is 0.421 e. The molecule has 21 heavy (non-hydrogen) atoms. The lowest BCUT2D eigenvalue weighted by molar-refractivity contribution is 0.117. The van der Waals surface area contributed by atoms with Gasteiger partial charge in [-0.3, -0.25) is 4.57 Å². The predicted molar refractivity (Wildman–Crippen MR) is 82.5 cm³/mol. The summed E-state index contributed by atoms with van der Waals surface area (Å²) in [6.45, 7) is 0. The minimum Gasteiger partial charge on any atom is -0.407 e. The highest BCUT2D eigenvalue weighted by molar-refractivity contribution is 6.47. The first-order valence-corrected chi connectivity index (χ1v) is 6.98. The van der Waals surface area contributed by atoms with E-state index in [1.807, 2.05) is 24.3 Å². The van der Waals surface area contributed by atoms with E-state index in [4.69, 9.17) is 27.9 Å². The van der Waals surface area contributed by atoms with Crippen molar-refractivity contribution in [3.63, 3.8) is 0 Å². The number of fused-ring (bicyclic) bond motifs is 1. The van der Waals surface area contributed by atoms with Crippen LogP contribution in [0.4, 0.5) is 4.79 Å². The Morgan fingerprint density at radius 3 is 2.48 bits per heavy atom. The summed E-state index contributed by atoms with van der Waals surface area (Å²) in [6.07, 6.45) is 0.836. The minimum atomic E-state index is -1.75. The molecular weight excluding hydrogens is 309 g/mol. The van der Waals surface area contributed by atoms with Crippen LogP contribution in [-0.4, -0.2) is 10.7 Å². The second kappa shape index (κ2) is 5.43. The molecule has 3 nitrogen and oxygen atoms in total. The molecule has 0 unspecified atom stereocenters. The van der Waals surface area contributed by atoms with Crippen LogP contribution in [0.5, 0.6) is 0 Å². The van der Waals surface area contributed by atoms with Gasteiger partial charge in [-0.25, -0.2) is 4.79 Å². The lowest BCUT2D eigenvalue weighted by Crippen LogP contribution is -2.23. The smallest absolute Gasteiger partial charge is 0.407 e. The van der Waals surface area contributed by atoms with Crippen LogP contribution in [0, 0.1) is 6.07 Å². The number of benzene rings is 2. The van der Waals surface area contributed by atoms with Crippen molar-refractivity contribution < 1.29 is 9.53 Å². The third kappa shape index (κ3) is 2.75. The van der Waals surface area contributed by atoms with Crippen molar-refractivity contribution >= 4 is 40.2 Å². The molecule has 0 atom stereocenters. The molecule has 0 saturated carbocycles. The number of carbonyl (C=O) groups is 1. The molecule has 5 heteroatoms. The first kappa shape index (κ1) is 14.0. The van der Waals surface area contributed by atoms with Crippen LogP contribution in [0.3, 0.4) is 0 Å². The molecule has 0 fully saturated rings. The maximum absolute atomic E-state index is 12.3. The van der Waals surface area contributed by atoms with Crippen LogP contribution in [0.2, 0.25) is 0 Å². The molecule has 1 heterocycles. The number of para-hydroxylation sites is 1. The summed E-state index contributed by atoms with van der Waals surface area (Å²) in [5, 5.41) is 0.809. The number of ether oxygens (including phenoxy) is 1. The molecule has 0 N–H and O–H groups in total. The standard InChI is InChI=1S/C16H10Cl2NO2/c17-16(18,13-7-2-1-3-8-13)21-15(20)19-11-10-12-6-4-5-9-14(12)19/h1-9,11H. The molecule has 1 aromatic heterocycles. The molecule has 1 radical (unpaired) electrons. The summed E-state index contributed by atoms with van der Waals surface area (Å²) in [7, 11) is 0. The zero-order valence-corrected chi connectivity index (χ0v) is 12.3. The van der Waals surface area contributed by atoms with Crippen LogP contribution in [0.1, 0.15) is 5.56 Å². The average Bonchev–Trinajstić information content (AvgIpc) is 2.92. The Balaban J connectivity index is 1.90. The van der Waals surface area contributed by atoms with Crippen molar-refractivity contribution in [2.24, 2.45) is 0 Å². The highest BCUT2D eigenvalue weighted by Gasteiger charge is 2.32. The Labute approximate surface area is 131 Å². The third-order valence-electron chi connectivity index (χ3n) is 3.03. The highest BCUT2D eigenvalue weighted by Crippen LogP contribution is 2.35. The van der Waals surface area contributed by atoms with E-state index in [1.54, 1.807) is 30.3 Å². The lowest BCUT2D eigenvalue weighted by Gasteiger charge is -2.20. The van der Waals surface area contributed by atoms with Crippen molar-refractivity contribution in [1.82, 2.24) is 4.57 Å². The molecule has 2 aromatic carbocycles. The van der Waals surface area contributed by atoms with Gasteiger partial charge in [0.05, 0.1) is 5.52 Å². The second-order valence-corrected chi connectivity index (χ2v) is 5.67. The summed E-state index contributed by atoms with van der Waals surface area (Å²) in [5.41, 5.74) is 1.17. The van der Waals surface area contributed by atoms with Crippen molar-refractivity contribution in [2.45, 2.75) is 4.52 Å². The zero-order valence-electron chi connectivity index (χ0n) is 10.8. The normalized spacial score (nSPS) is 11.5. The summed E-state index contributed by atoms with van der Waals surface area (Å²) in [4.78, 5) is 12.3. The summed E-state index contributed by atoms with van der Waals surface area (Å²) in [5.74, 6) is 0. The monoisotopic (exact) mass is 318 g/mol. The van der Waals surface area contributed by atoms with Crippen molar-refractivity contribution in [2.75, 3.05) is 0 Å². The number of hydrogen-bond acceptors (Lipinski definition) is 2. The Kier molecular flexibility index (Phi) is 3.62. The first-order valence-electron chi connectivity index (χ1n) is 6.22. The van der Waals surface area contributed by atoms with E-state index in [-0.39, 0.29) is 0 Å². The third-order valence-corrected chi connectivity index (χ3v) is 3.63. The fraction of sp³-hybridized carbons (Fsp3) is 0.0625. The molecule has 0 amide bonds. The molecule has 0 saturated heterocycles. The van der Waals surface area contributed by atoms with Crippen molar-refractivity contribution in [3.8, 4) is 0 Å². The van der Waals surface area contributed by atoms with Crippen LogP contribution in [0.25, 0.3) is 10.9 Å². The lowest BCUT2D eigenvalue weighted by atomic mass is 10.2. The van der Waals surface area contributed by atoms with Gasteiger partial charge in [0, 0.05) is 23.2 Å². The van der Waals surface area contributed by atoms with Gasteiger partial charge in [0.1, 0.15) is 0 Å². The molecule has 3 rings (SSSR count). The predicted octanol–water partition coefficient (Wildman–Crippen LogP) is 4.71. The van der Waals surface area contributed by atoms with Gasteiger partial charge in [-0.1, -0.05) is 71.7 Å². The fourth-order valence-corrected chi connectivity index (χ4v) is 2.39. The Bertz CT molecular complexity index is 781. The van der Waals surface area contributed by atoms with E-state index in [2.05, 4.69) is 6.07 Å². The topological polar surface area (TPSA) is 31.2 Å². The fourth-order valence-electron chi connectivity index (χ4n) is 2.01. The van der Waals surface area contributed by atoms with Crippen LogP contribution in [0.15, 0.2) is 60.8 Å². The van der Waals surface area contributed by atoms with Crippen molar-refractivity contribution in [1.29, 1.82) is 0 Å². The number of alkyl halides is 2. The van der Waals surface area contributed by atoms with E-state index >= 15 is 0 Å². The molecule has 0 aliphatic heterocycles. The average molecular weight is 319 g/mol. The molecule has 0 aliphatic carbocycles. The Hall–Kier alpha value is -1.97. The zero-order chi connectivity index (χ0) is 14.9. The highest BCUT2D eigenvalue weighted by atomic mass is 35.5. The Morgan fingerprint density at radius 1 is 1.05 bits per heavy atom. The van der Waals surface area contributed by atoms with E-state index in [0.29, 0.717) is 11.1 Å². The van der Waals surface area contributed by atoms with Crippen LogP contribution in [-0.2, 0) is 9.26 Å². The van der Waals surface area contributed by atoms with Gasteiger partial charge in [0.15, 0.2) is 0 Å². The van der Waals surface area contributed by atoms with E-state index in [9.17, 15) is 4.79 Å². The first-order chi connectivity index (χ1) is 10.1. The molecule has 0 aliphatic rings. The quantitative estimate of drug-likeness (QED) is 0.640. The van der Waals surface area contributed by atoms with Gasteiger partial charge in [-0.05, 0) is 6.07 Å². The van der Waals surface area contributed by atoms with Crippen LogP contribution < -0.4 is 0 Å². The van der Waals surface area contributed by atoms with E-state index < -0.39 is 10.6 Å². The largest absolute Gasteiger partial charge is 0.421 e. The molecule has 105 valence electrons. The van der Waals surface area contributed by atoms with Gasteiger partial charge in [-0.2, -0.15) is 0 Å². The number of nitrogens with zero attached hydrogens (tertiary/aromatic N) is 1. The number of hydrogen-bond donors (Lipinski definition) is 0. The van der Waals surface area contributed by atoms with Gasteiger partial charge >= 0.3 is 6.09 Å². The second-order valence-electron chi connectivity index (χ2n) is 4.41. The molecule has 0 bridgehead atoms. The number of carbonyl (C=O) groups excluding carboxylic acids is 1.